The summed E-state index contributed by atoms with van der Waals surface area (Å²) in [5, 5.41) is 0. The lowest BCUT2D eigenvalue weighted by atomic mass is 10.1. The molecule has 0 unspecified atom stereocenters. The molecule has 5 heteroatoms. The van der Waals surface area contributed by atoms with Crippen molar-refractivity contribution in [1.29, 1.82) is 0 Å². The van der Waals surface area contributed by atoms with E-state index in [0.29, 0.717) is 6.04 Å². The molecule has 1 aliphatic heterocycles. The Morgan fingerprint density at radius 3 is 2.77 bits per heavy atom. The largest absolute Gasteiger partial charge is 0.337 e. The third-order valence-electron chi connectivity index (χ3n) is 2.43. The predicted molar refractivity (Wildman–Crippen MR) is 55.8 cm³/mol. The van der Waals surface area contributed by atoms with E-state index in [-0.39, 0.29) is 0 Å². The quantitative estimate of drug-likeness (QED) is 0.725. The Balaban J connectivity index is 2.15. The van der Waals surface area contributed by atoms with Crippen molar-refractivity contribution in [2.45, 2.75) is 18.9 Å². The van der Waals surface area contributed by atoms with Crippen LogP contribution in [-0.4, -0.2) is 25.3 Å². The summed E-state index contributed by atoms with van der Waals surface area (Å²) >= 11 is 5.13. The first-order valence-electron chi connectivity index (χ1n) is 4.38. The molecule has 2 heterocycles. The molecule has 1 aromatic rings. The summed E-state index contributed by atoms with van der Waals surface area (Å²) in [5.74, 6) is 1.63. The number of nitrogens with one attached hydrogen (secondary N) is 1. The second kappa shape index (κ2) is 3.75. The van der Waals surface area contributed by atoms with Crippen molar-refractivity contribution in [3.63, 3.8) is 0 Å². The summed E-state index contributed by atoms with van der Waals surface area (Å²) in [6.07, 6.45) is 5.80. The smallest absolute Gasteiger partial charge is 0.177 e. The van der Waals surface area contributed by atoms with Gasteiger partial charge >= 0.3 is 0 Å². The molecular formula is C8H12N2OS2. The standard InChI is InChI=1S/C8H12N2OS2/c11-13-5-1-7(2-6-13)10-4-3-9-8(10)12/h3-4,7H,1-2,5-6H2,(H,9,12). The summed E-state index contributed by atoms with van der Waals surface area (Å²) in [6, 6.07) is 0.455. The maximum absolute atomic E-state index is 11.1. The van der Waals surface area contributed by atoms with Crippen LogP contribution in [0.5, 0.6) is 0 Å². The number of H-pyrrole nitrogens is 1. The van der Waals surface area contributed by atoms with Gasteiger partial charge in [0.1, 0.15) is 0 Å². The van der Waals surface area contributed by atoms with Gasteiger partial charge < -0.3 is 9.55 Å². The Bertz CT molecular complexity index is 358. The topological polar surface area (TPSA) is 37.8 Å². The molecule has 13 heavy (non-hydrogen) atoms. The van der Waals surface area contributed by atoms with Crippen LogP contribution in [-0.2, 0) is 10.8 Å². The van der Waals surface area contributed by atoms with Crippen LogP contribution in [0.15, 0.2) is 12.4 Å². The van der Waals surface area contributed by atoms with Gasteiger partial charge in [0, 0.05) is 40.7 Å². The highest BCUT2D eigenvalue weighted by molar-refractivity contribution is 7.85. The molecule has 0 amide bonds. The Morgan fingerprint density at radius 2 is 2.23 bits per heavy atom. The van der Waals surface area contributed by atoms with E-state index >= 15 is 0 Å². The highest BCUT2D eigenvalue weighted by Crippen LogP contribution is 2.21. The van der Waals surface area contributed by atoms with Crippen LogP contribution >= 0.6 is 12.2 Å². The number of hydrogen-bond acceptors (Lipinski definition) is 2. The fourth-order valence-corrected chi connectivity index (χ4v) is 3.23. The summed E-state index contributed by atoms with van der Waals surface area (Å²) in [4.78, 5) is 2.98. The van der Waals surface area contributed by atoms with Crippen LogP contribution in [0.2, 0.25) is 0 Å². The van der Waals surface area contributed by atoms with Crippen molar-refractivity contribution in [3.05, 3.63) is 17.2 Å². The molecule has 72 valence electrons. The maximum Gasteiger partial charge on any atom is 0.177 e. The van der Waals surface area contributed by atoms with Crippen molar-refractivity contribution in [1.82, 2.24) is 9.55 Å². The van der Waals surface area contributed by atoms with Gasteiger partial charge in [-0.25, -0.2) is 0 Å². The van der Waals surface area contributed by atoms with Gasteiger partial charge in [0.05, 0.1) is 0 Å². The minimum Gasteiger partial charge on any atom is -0.337 e. The molecule has 0 aliphatic carbocycles. The highest BCUT2D eigenvalue weighted by atomic mass is 32.2. The van der Waals surface area contributed by atoms with Crippen LogP contribution in [0.1, 0.15) is 18.9 Å². The van der Waals surface area contributed by atoms with E-state index in [0.717, 1.165) is 29.1 Å². The lowest BCUT2D eigenvalue weighted by Crippen LogP contribution is -2.21. The molecule has 0 aromatic carbocycles. The molecule has 0 atom stereocenters. The summed E-state index contributed by atoms with van der Waals surface area (Å²) in [6.45, 7) is 0. The molecule has 0 radical (unpaired) electrons. The van der Waals surface area contributed by atoms with Gasteiger partial charge in [-0.05, 0) is 25.1 Å². The Morgan fingerprint density at radius 1 is 1.54 bits per heavy atom. The zero-order valence-corrected chi connectivity index (χ0v) is 8.87. The molecule has 0 bridgehead atoms. The molecule has 1 N–H and O–H groups in total. The maximum atomic E-state index is 11.1. The number of aromatic nitrogens is 2. The zero-order valence-electron chi connectivity index (χ0n) is 7.23. The minimum atomic E-state index is -0.587. The monoisotopic (exact) mass is 216 g/mol. The van der Waals surface area contributed by atoms with Crippen LogP contribution in [0.25, 0.3) is 0 Å². The fraction of sp³-hybridized carbons (Fsp3) is 0.625. The summed E-state index contributed by atoms with van der Waals surface area (Å²) in [5.41, 5.74) is 0. The van der Waals surface area contributed by atoms with Gasteiger partial charge in [0.15, 0.2) is 4.77 Å². The van der Waals surface area contributed by atoms with Gasteiger partial charge in [-0.2, -0.15) is 0 Å². The van der Waals surface area contributed by atoms with Crippen molar-refractivity contribution in [2.75, 3.05) is 11.5 Å². The number of aromatic amines is 1. The molecule has 0 spiro atoms. The molecule has 1 aliphatic rings. The van der Waals surface area contributed by atoms with E-state index in [1.54, 1.807) is 0 Å². The average Bonchev–Trinajstić information content (AvgIpc) is 2.53. The molecule has 1 fully saturated rings. The van der Waals surface area contributed by atoms with Gasteiger partial charge in [-0.15, -0.1) is 0 Å². The van der Waals surface area contributed by atoms with Gasteiger partial charge in [0.2, 0.25) is 0 Å². The van der Waals surface area contributed by atoms with Gasteiger partial charge in [0.25, 0.3) is 0 Å². The summed E-state index contributed by atoms with van der Waals surface area (Å²) < 4.78 is 14.0. The van der Waals surface area contributed by atoms with Crippen LogP contribution < -0.4 is 0 Å². The van der Waals surface area contributed by atoms with Crippen molar-refractivity contribution < 1.29 is 4.21 Å². The Kier molecular flexibility index (Phi) is 2.64. The van der Waals surface area contributed by atoms with E-state index in [2.05, 4.69) is 9.55 Å². The zero-order chi connectivity index (χ0) is 9.26. The first-order chi connectivity index (χ1) is 6.27. The fourth-order valence-electron chi connectivity index (χ4n) is 1.68. The first kappa shape index (κ1) is 9.15. The molecule has 2 rings (SSSR count). The molecule has 3 nitrogen and oxygen atoms in total. The lowest BCUT2D eigenvalue weighted by molar-refractivity contribution is 0.457. The SMILES string of the molecule is O=S1CCC(n2cc[nH]c2=S)CC1. The van der Waals surface area contributed by atoms with E-state index in [1.807, 2.05) is 12.4 Å². The second-order valence-electron chi connectivity index (χ2n) is 3.25. The van der Waals surface area contributed by atoms with E-state index in [9.17, 15) is 4.21 Å². The third-order valence-corrected chi connectivity index (χ3v) is 4.14. The minimum absolute atomic E-state index is 0.455. The normalized spacial score (nSPS) is 28.9. The van der Waals surface area contributed by atoms with Crippen LogP contribution in [0.4, 0.5) is 0 Å². The van der Waals surface area contributed by atoms with Crippen molar-refractivity contribution in [3.8, 4) is 0 Å². The number of imidazole rings is 1. The number of nitrogens with zero attached hydrogens (tertiary/aromatic N) is 1. The molecule has 1 aromatic heterocycles. The Labute approximate surface area is 84.6 Å². The second-order valence-corrected chi connectivity index (χ2v) is 5.33. The van der Waals surface area contributed by atoms with Crippen LogP contribution in [0.3, 0.4) is 0 Å². The van der Waals surface area contributed by atoms with E-state index in [1.165, 1.54) is 0 Å². The first-order valence-corrected chi connectivity index (χ1v) is 6.27. The van der Waals surface area contributed by atoms with E-state index < -0.39 is 10.8 Å². The molecule has 0 saturated carbocycles. The third kappa shape index (κ3) is 1.91. The summed E-state index contributed by atoms with van der Waals surface area (Å²) in [7, 11) is -0.587. The molecule has 1 saturated heterocycles. The van der Waals surface area contributed by atoms with Crippen molar-refractivity contribution >= 4 is 23.0 Å². The average molecular weight is 216 g/mol. The Hall–Kier alpha value is -0.420. The number of hydrogen-bond donors (Lipinski definition) is 1. The predicted octanol–water partition coefficient (Wildman–Crippen LogP) is 1.63. The molecular weight excluding hydrogens is 204 g/mol. The number of rotatable bonds is 1. The van der Waals surface area contributed by atoms with Crippen LogP contribution in [0, 0.1) is 4.77 Å². The lowest BCUT2D eigenvalue weighted by Gasteiger charge is -2.22. The van der Waals surface area contributed by atoms with E-state index in [4.69, 9.17) is 12.2 Å². The van der Waals surface area contributed by atoms with Crippen molar-refractivity contribution in [2.24, 2.45) is 0 Å². The van der Waals surface area contributed by atoms with Gasteiger partial charge in [-0.1, -0.05) is 0 Å². The van der Waals surface area contributed by atoms with Gasteiger partial charge in [-0.3, -0.25) is 4.21 Å². The highest BCUT2D eigenvalue weighted by Gasteiger charge is 2.19.